The molecule has 0 aromatic heterocycles. The van der Waals surface area contributed by atoms with Crippen molar-refractivity contribution < 1.29 is 0 Å². The fourth-order valence-corrected chi connectivity index (χ4v) is 3.41. The number of alkyl halides is 1. The lowest BCUT2D eigenvalue weighted by Crippen LogP contribution is -2.06. The van der Waals surface area contributed by atoms with Crippen molar-refractivity contribution in [1.82, 2.24) is 0 Å². The number of benzene rings is 1. The van der Waals surface area contributed by atoms with Crippen LogP contribution >= 0.6 is 39.1 Å². The van der Waals surface area contributed by atoms with E-state index in [0.717, 1.165) is 10.4 Å². The van der Waals surface area contributed by atoms with E-state index < -0.39 is 0 Å². The SMILES string of the molecule is CC1(c2cccc(Cl)c2Cl)CC1CBr. The van der Waals surface area contributed by atoms with Gasteiger partial charge >= 0.3 is 0 Å². The average Bonchev–Trinajstić information content (AvgIpc) is 2.83. The summed E-state index contributed by atoms with van der Waals surface area (Å²) >= 11 is 15.7. The van der Waals surface area contributed by atoms with E-state index in [-0.39, 0.29) is 5.41 Å². The standard InChI is InChI=1S/C11H11BrCl2/c1-11(5-7(11)6-12)8-3-2-4-9(13)10(8)14/h2-4,7H,5-6H2,1H3. The van der Waals surface area contributed by atoms with Gasteiger partial charge in [-0.1, -0.05) is 58.2 Å². The minimum Gasteiger partial charge on any atom is -0.0925 e. The van der Waals surface area contributed by atoms with Gasteiger partial charge in [0.15, 0.2) is 0 Å². The smallest absolute Gasteiger partial charge is 0.0629 e. The van der Waals surface area contributed by atoms with Crippen molar-refractivity contribution in [1.29, 1.82) is 0 Å². The van der Waals surface area contributed by atoms with Crippen molar-refractivity contribution in [3.05, 3.63) is 33.8 Å². The van der Waals surface area contributed by atoms with E-state index in [9.17, 15) is 0 Å². The van der Waals surface area contributed by atoms with E-state index >= 15 is 0 Å². The van der Waals surface area contributed by atoms with Crippen LogP contribution in [0.3, 0.4) is 0 Å². The fraction of sp³-hybridized carbons (Fsp3) is 0.455. The molecule has 3 heteroatoms. The van der Waals surface area contributed by atoms with Gasteiger partial charge in [0.25, 0.3) is 0 Å². The van der Waals surface area contributed by atoms with Crippen molar-refractivity contribution >= 4 is 39.1 Å². The maximum Gasteiger partial charge on any atom is 0.0629 e. The van der Waals surface area contributed by atoms with Gasteiger partial charge in [-0.3, -0.25) is 0 Å². The Kier molecular flexibility index (Phi) is 2.85. The summed E-state index contributed by atoms with van der Waals surface area (Å²) in [6.45, 7) is 2.25. The average molecular weight is 294 g/mol. The molecular weight excluding hydrogens is 283 g/mol. The topological polar surface area (TPSA) is 0 Å². The minimum atomic E-state index is 0.228. The Balaban J connectivity index is 2.39. The quantitative estimate of drug-likeness (QED) is 0.695. The summed E-state index contributed by atoms with van der Waals surface area (Å²) in [7, 11) is 0. The van der Waals surface area contributed by atoms with Gasteiger partial charge in [0, 0.05) is 5.33 Å². The number of hydrogen-bond acceptors (Lipinski definition) is 0. The van der Waals surface area contributed by atoms with Crippen LogP contribution in [0.2, 0.25) is 10.0 Å². The fourth-order valence-electron chi connectivity index (χ4n) is 1.95. The third kappa shape index (κ3) is 1.60. The Labute approximate surface area is 103 Å². The molecule has 2 rings (SSSR count). The Morgan fingerprint density at radius 2 is 2.21 bits per heavy atom. The van der Waals surface area contributed by atoms with Gasteiger partial charge in [-0.2, -0.15) is 0 Å². The van der Waals surface area contributed by atoms with E-state index in [1.165, 1.54) is 12.0 Å². The second-order valence-corrected chi connectivity index (χ2v) is 5.51. The molecule has 1 aliphatic rings. The summed E-state index contributed by atoms with van der Waals surface area (Å²) in [5, 5.41) is 2.41. The molecule has 1 aromatic carbocycles. The van der Waals surface area contributed by atoms with E-state index in [4.69, 9.17) is 23.2 Å². The highest BCUT2D eigenvalue weighted by atomic mass is 79.9. The van der Waals surface area contributed by atoms with Crippen LogP contribution in [0.15, 0.2) is 18.2 Å². The van der Waals surface area contributed by atoms with Gasteiger partial charge < -0.3 is 0 Å². The zero-order chi connectivity index (χ0) is 10.3. The summed E-state index contributed by atoms with van der Waals surface area (Å²) in [6.07, 6.45) is 1.19. The van der Waals surface area contributed by atoms with Crippen molar-refractivity contribution in [2.45, 2.75) is 18.8 Å². The highest BCUT2D eigenvalue weighted by Crippen LogP contribution is 2.56. The Morgan fingerprint density at radius 3 is 2.79 bits per heavy atom. The molecule has 0 spiro atoms. The monoisotopic (exact) mass is 292 g/mol. The number of halogens is 3. The Bertz CT molecular complexity index is 364. The minimum absolute atomic E-state index is 0.228. The summed E-state index contributed by atoms with van der Waals surface area (Å²) in [6, 6.07) is 5.89. The first-order valence-electron chi connectivity index (χ1n) is 4.60. The molecule has 1 fully saturated rings. The molecule has 0 bridgehead atoms. The summed E-state index contributed by atoms with van der Waals surface area (Å²) in [5.74, 6) is 0.693. The van der Waals surface area contributed by atoms with E-state index in [1.807, 2.05) is 12.1 Å². The highest BCUT2D eigenvalue weighted by Gasteiger charge is 2.51. The van der Waals surface area contributed by atoms with Crippen molar-refractivity contribution in [3.63, 3.8) is 0 Å². The van der Waals surface area contributed by atoms with Crippen LogP contribution in [0.5, 0.6) is 0 Å². The largest absolute Gasteiger partial charge is 0.0925 e. The molecule has 0 amide bonds. The first-order valence-corrected chi connectivity index (χ1v) is 6.48. The maximum atomic E-state index is 6.19. The summed E-state index contributed by atoms with van der Waals surface area (Å²) < 4.78 is 0. The first-order chi connectivity index (χ1) is 6.59. The van der Waals surface area contributed by atoms with E-state index in [2.05, 4.69) is 28.9 Å². The third-order valence-corrected chi connectivity index (χ3v) is 4.76. The predicted octanol–water partition coefficient (Wildman–Crippen LogP) is 4.67. The van der Waals surface area contributed by atoms with Crippen LogP contribution in [0.25, 0.3) is 0 Å². The lowest BCUT2D eigenvalue weighted by atomic mass is 9.96. The molecule has 76 valence electrons. The molecule has 0 heterocycles. The van der Waals surface area contributed by atoms with Crippen LogP contribution in [0, 0.1) is 5.92 Å². The van der Waals surface area contributed by atoms with Gasteiger partial charge in [-0.05, 0) is 29.4 Å². The van der Waals surface area contributed by atoms with E-state index in [0.29, 0.717) is 10.9 Å². The lowest BCUT2D eigenvalue weighted by Gasteiger charge is -2.13. The van der Waals surface area contributed by atoms with Crippen LogP contribution in [0.4, 0.5) is 0 Å². The van der Waals surface area contributed by atoms with Crippen molar-refractivity contribution in [2.75, 3.05) is 5.33 Å². The van der Waals surface area contributed by atoms with E-state index in [1.54, 1.807) is 0 Å². The van der Waals surface area contributed by atoms with Crippen molar-refractivity contribution in [2.24, 2.45) is 5.92 Å². The molecule has 0 nitrogen and oxygen atoms in total. The third-order valence-electron chi connectivity index (χ3n) is 3.16. The second-order valence-electron chi connectivity index (χ2n) is 4.07. The van der Waals surface area contributed by atoms with Crippen LogP contribution in [-0.2, 0) is 5.41 Å². The molecule has 14 heavy (non-hydrogen) atoms. The molecule has 0 saturated heterocycles. The highest BCUT2D eigenvalue weighted by molar-refractivity contribution is 9.09. The molecule has 2 unspecified atom stereocenters. The van der Waals surface area contributed by atoms with Gasteiger partial charge in [0.05, 0.1) is 10.0 Å². The lowest BCUT2D eigenvalue weighted by molar-refractivity contribution is 0.710. The molecule has 0 N–H and O–H groups in total. The predicted molar refractivity (Wildman–Crippen MR) is 65.7 cm³/mol. The van der Waals surface area contributed by atoms with Gasteiger partial charge in [-0.15, -0.1) is 0 Å². The molecule has 1 saturated carbocycles. The van der Waals surface area contributed by atoms with Gasteiger partial charge in [-0.25, -0.2) is 0 Å². The van der Waals surface area contributed by atoms with Gasteiger partial charge in [0.1, 0.15) is 0 Å². The van der Waals surface area contributed by atoms with Gasteiger partial charge in [0.2, 0.25) is 0 Å². The molecule has 1 aromatic rings. The first kappa shape index (κ1) is 10.8. The summed E-state index contributed by atoms with van der Waals surface area (Å²) in [5.41, 5.74) is 1.42. The maximum absolute atomic E-state index is 6.19. The van der Waals surface area contributed by atoms with Crippen molar-refractivity contribution in [3.8, 4) is 0 Å². The molecule has 0 radical (unpaired) electrons. The molecule has 1 aliphatic carbocycles. The normalized spacial score (nSPS) is 30.4. The number of hydrogen-bond donors (Lipinski definition) is 0. The Morgan fingerprint density at radius 1 is 1.50 bits per heavy atom. The van der Waals surface area contributed by atoms with Crippen LogP contribution in [0.1, 0.15) is 18.9 Å². The second kappa shape index (κ2) is 3.70. The Hall–Kier alpha value is 0.280. The summed E-state index contributed by atoms with van der Waals surface area (Å²) in [4.78, 5) is 0. The molecular formula is C11H11BrCl2. The molecule has 2 atom stereocenters. The van der Waals surface area contributed by atoms with Crippen LogP contribution in [-0.4, -0.2) is 5.33 Å². The number of rotatable bonds is 2. The zero-order valence-corrected chi connectivity index (χ0v) is 11.0. The zero-order valence-electron chi connectivity index (χ0n) is 7.86. The molecule has 0 aliphatic heterocycles. The van der Waals surface area contributed by atoms with Crippen LogP contribution < -0.4 is 0 Å².